The van der Waals surface area contributed by atoms with Crippen molar-refractivity contribution in [2.24, 2.45) is 0 Å². The van der Waals surface area contributed by atoms with Crippen molar-refractivity contribution in [3.8, 4) is 0 Å². The fraction of sp³-hybridized carbons (Fsp3) is 1.00. The van der Waals surface area contributed by atoms with E-state index in [1.807, 2.05) is 0 Å². The first-order chi connectivity index (χ1) is 9.35. The van der Waals surface area contributed by atoms with Crippen LogP contribution < -0.4 is 5.32 Å². The first kappa shape index (κ1) is 13.8. The Balaban J connectivity index is 1.42. The van der Waals surface area contributed by atoms with Gasteiger partial charge in [-0.05, 0) is 64.5 Å². The highest BCUT2D eigenvalue weighted by atomic mass is 16.5. The number of rotatable bonds is 6. The maximum Gasteiger partial charge on any atom is 0.0576 e. The van der Waals surface area contributed by atoms with Crippen LogP contribution >= 0.6 is 0 Å². The Labute approximate surface area is 118 Å². The van der Waals surface area contributed by atoms with Crippen LogP contribution in [0.25, 0.3) is 0 Å². The number of hydrogen-bond acceptors (Lipinski definition) is 3. The Hall–Kier alpha value is -0.120. The second kappa shape index (κ2) is 6.55. The molecule has 0 spiro atoms. The number of nitrogens with zero attached hydrogens (tertiary/aromatic N) is 1. The van der Waals surface area contributed by atoms with Gasteiger partial charge in [0.05, 0.1) is 6.10 Å². The van der Waals surface area contributed by atoms with Gasteiger partial charge >= 0.3 is 0 Å². The fourth-order valence-electron chi connectivity index (χ4n) is 4.32. The van der Waals surface area contributed by atoms with Gasteiger partial charge in [0, 0.05) is 24.7 Å². The summed E-state index contributed by atoms with van der Waals surface area (Å²) in [5, 5.41) is 3.75. The molecule has 0 amide bonds. The zero-order chi connectivity index (χ0) is 13.1. The van der Waals surface area contributed by atoms with Gasteiger partial charge in [0.15, 0.2) is 0 Å². The molecule has 110 valence electrons. The lowest BCUT2D eigenvalue weighted by Crippen LogP contribution is -2.48. The third-order valence-electron chi connectivity index (χ3n) is 5.37. The van der Waals surface area contributed by atoms with Gasteiger partial charge < -0.3 is 15.0 Å². The van der Waals surface area contributed by atoms with Crippen LogP contribution in [-0.4, -0.2) is 48.8 Å². The second-order valence-corrected chi connectivity index (χ2v) is 6.67. The summed E-state index contributed by atoms with van der Waals surface area (Å²) >= 11 is 0. The normalized spacial score (nSPS) is 38.2. The van der Waals surface area contributed by atoms with E-state index in [9.17, 15) is 0 Å². The number of fused-ring (bicyclic) bond motifs is 2. The topological polar surface area (TPSA) is 24.5 Å². The molecule has 19 heavy (non-hydrogen) atoms. The van der Waals surface area contributed by atoms with E-state index in [0.717, 1.165) is 24.7 Å². The molecule has 3 heterocycles. The van der Waals surface area contributed by atoms with Crippen molar-refractivity contribution in [3.05, 3.63) is 0 Å². The Morgan fingerprint density at radius 2 is 1.95 bits per heavy atom. The van der Waals surface area contributed by atoms with E-state index in [4.69, 9.17) is 4.74 Å². The number of piperidine rings is 1. The van der Waals surface area contributed by atoms with Crippen LogP contribution in [0.1, 0.15) is 58.3 Å². The molecule has 1 N–H and O–H groups in total. The summed E-state index contributed by atoms with van der Waals surface area (Å²) in [6.45, 7) is 5.83. The van der Waals surface area contributed by atoms with Crippen molar-refractivity contribution in [2.75, 3.05) is 19.7 Å². The summed E-state index contributed by atoms with van der Waals surface area (Å²) in [6, 6.07) is 2.47. The van der Waals surface area contributed by atoms with Crippen LogP contribution in [0.15, 0.2) is 0 Å². The van der Waals surface area contributed by atoms with Crippen LogP contribution in [0.4, 0.5) is 0 Å². The van der Waals surface area contributed by atoms with Gasteiger partial charge in [0.25, 0.3) is 0 Å². The highest BCUT2D eigenvalue weighted by Gasteiger charge is 2.35. The summed E-state index contributed by atoms with van der Waals surface area (Å²) in [6.07, 6.45) is 11.3. The third kappa shape index (κ3) is 3.50. The Morgan fingerprint density at radius 3 is 2.58 bits per heavy atom. The minimum absolute atomic E-state index is 0.572. The van der Waals surface area contributed by atoms with Gasteiger partial charge in [-0.1, -0.05) is 6.92 Å². The maximum atomic E-state index is 5.73. The lowest BCUT2D eigenvalue weighted by molar-refractivity contribution is 0.0920. The van der Waals surface area contributed by atoms with Crippen molar-refractivity contribution >= 4 is 0 Å². The quantitative estimate of drug-likeness (QED) is 0.799. The number of hydrogen-bond donors (Lipinski definition) is 1. The standard InChI is InChI=1S/C16H30N2O/c1-2-18(9-3-5-16-6-4-10-19-16)15-11-13-7-8-14(12-15)17-13/h13-17H,2-12H2,1H3. The van der Waals surface area contributed by atoms with E-state index < -0.39 is 0 Å². The second-order valence-electron chi connectivity index (χ2n) is 6.67. The van der Waals surface area contributed by atoms with E-state index in [-0.39, 0.29) is 0 Å². The first-order valence-corrected chi connectivity index (χ1v) is 8.47. The molecule has 0 aromatic heterocycles. The summed E-state index contributed by atoms with van der Waals surface area (Å²) in [7, 11) is 0. The molecule has 0 radical (unpaired) electrons. The average molecular weight is 266 g/mol. The highest BCUT2D eigenvalue weighted by Crippen LogP contribution is 2.30. The van der Waals surface area contributed by atoms with E-state index >= 15 is 0 Å². The molecule has 3 unspecified atom stereocenters. The van der Waals surface area contributed by atoms with Crippen molar-refractivity contribution < 1.29 is 4.74 Å². The lowest BCUT2D eigenvalue weighted by atomic mass is 9.97. The molecule has 3 heteroatoms. The van der Waals surface area contributed by atoms with Gasteiger partial charge in [-0.15, -0.1) is 0 Å². The molecule has 3 rings (SSSR count). The van der Waals surface area contributed by atoms with Gasteiger partial charge in [0.2, 0.25) is 0 Å². The van der Waals surface area contributed by atoms with Gasteiger partial charge in [-0.3, -0.25) is 0 Å². The molecule has 0 aromatic carbocycles. The fourth-order valence-corrected chi connectivity index (χ4v) is 4.32. The van der Waals surface area contributed by atoms with Gasteiger partial charge in [-0.2, -0.15) is 0 Å². The predicted molar refractivity (Wildman–Crippen MR) is 78.4 cm³/mol. The van der Waals surface area contributed by atoms with Gasteiger partial charge in [-0.25, -0.2) is 0 Å². The van der Waals surface area contributed by atoms with E-state index in [0.29, 0.717) is 6.10 Å². The van der Waals surface area contributed by atoms with Crippen molar-refractivity contribution in [1.82, 2.24) is 10.2 Å². The largest absolute Gasteiger partial charge is 0.378 e. The Morgan fingerprint density at radius 1 is 1.16 bits per heavy atom. The summed E-state index contributed by atoms with van der Waals surface area (Å²) in [4.78, 5) is 2.74. The minimum atomic E-state index is 0.572. The Kier molecular flexibility index (Phi) is 4.78. The molecule has 3 nitrogen and oxygen atoms in total. The van der Waals surface area contributed by atoms with E-state index in [1.54, 1.807) is 0 Å². The van der Waals surface area contributed by atoms with Crippen LogP contribution in [0.2, 0.25) is 0 Å². The van der Waals surface area contributed by atoms with Gasteiger partial charge in [0.1, 0.15) is 0 Å². The Bertz CT molecular complexity index is 266. The predicted octanol–water partition coefficient (Wildman–Crippen LogP) is 2.55. The van der Waals surface area contributed by atoms with Crippen molar-refractivity contribution in [1.29, 1.82) is 0 Å². The van der Waals surface area contributed by atoms with Crippen LogP contribution in [0.3, 0.4) is 0 Å². The molecule has 0 saturated carbocycles. The number of ether oxygens (including phenoxy) is 1. The summed E-state index contributed by atoms with van der Waals surface area (Å²) in [5.41, 5.74) is 0. The lowest BCUT2D eigenvalue weighted by Gasteiger charge is -2.37. The van der Waals surface area contributed by atoms with E-state index in [2.05, 4.69) is 17.1 Å². The van der Waals surface area contributed by atoms with Crippen molar-refractivity contribution in [3.63, 3.8) is 0 Å². The average Bonchev–Trinajstić information content (AvgIpc) is 3.05. The molecular formula is C16H30N2O. The molecule has 3 fully saturated rings. The molecule has 0 aromatic rings. The highest BCUT2D eigenvalue weighted by molar-refractivity contribution is 4.95. The third-order valence-corrected chi connectivity index (χ3v) is 5.37. The van der Waals surface area contributed by atoms with Crippen LogP contribution in [-0.2, 0) is 4.74 Å². The molecular weight excluding hydrogens is 236 g/mol. The summed E-state index contributed by atoms with van der Waals surface area (Å²) < 4.78 is 5.73. The SMILES string of the molecule is CCN(CCCC1CCCO1)C1CC2CCC(C1)N2. The smallest absolute Gasteiger partial charge is 0.0576 e. The molecule has 3 saturated heterocycles. The minimum Gasteiger partial charge on any atom is -0.378 e. The number of nitrogens with one attached hydrogen (secondary N) is 1. The molecule has 0 aliphatic carbocycles. The first-order valence-electron chi connectivity index (χ1n) is 8.47. The molecule has 3 aliphatic heterocycles. The monoisotopic (exact) mass is 266 g/mol. The van der Waals surface area contributed by atoms with Crippen molar-refractivity contribution in [2.45, 2.75) is 82.5 Å². The zero-order valence-corrected chi connectivity index (χ0v) is 12.4. The van der Waals surface area contributed by atoms with E-state index in [1.165, 1.54) is 64.5 Å². The summed E-state index contributed by atoms with van der Waals surface area (Å²) in [5.74, 6) is 0. The van der Waals surface area contributed by atoms with Crippen LogP contribution in [0.5, 0.6) is 0 Å². The molecule has 3 aliphatic rings. The zero-order valence-electron chi connectivity index (χ0n) is 12.4. The molecule has 3 atom stereocenters. The maximum absolute atomic E-state index is 5.73. The molecule has 2 bridgehead atoms. The van der Waals surface area contributed by atoms with Crippen LogP contribution in [0, 0.1) is 0 Å².